The molecule has 0 spiro atoms. The van der Waals surface area contributed by atoms with E-state index in [-0.39, 0.29) is 0 Å². The van der Waals surface area contributed by atoms with Gasteiger partial charge >= 0.3 is 0 Å². The van der Waals surface area contributed by atoms with Crippen LogP contribution in [0.4, 0.5) is 5.82 Å². The zero-order chi connectivity index (χ0) is 13.9. The van der Waals surface area contributed by atoms with Gasteiger partial charge in [0.25, 0.3) is 0 Å². The van der Waals surface area contributed by atoms with E-state index in [0.717, 1.165) is 10.9 Å². The van der Waals surface area contributed by atoms with Crippen LogP contribution >= 0.6 is 11.8 Å². The van der Waals surface area contributed by atoms with Gasteiger partial charge in [0.2, 0.25) is 5.88 Å². The van der Waals surface area contributed by atoms with E-state index in [4.69, 9.17) is 10.5 Å². The smallest absolute Gasteiger partial charge is 0.225 e. The normalized spacial score (nSPS) is 10.7. The first-order valence-corrected chi connectivity index (χ1v) is 7.18. The van der Waals surface area contributed by atoms with Gasteiger partial charge in [0.1, 0.15) is 11.6 Å². The molecular formula is C14H12N4OS. The molecule has 0 aliphatic heterocycles. The number of ether oxygens (including phenoxy) is 1. The number of anilines is 1. The number of thioether (sulfide) groups is 1. The molecule has 5 nitrogen and oxygen atoms in total. The number of pyridine rings is 1. The van der Waals surface area contributed by atoms with Crippen LogP contribution < -0.4 is 10.5 Å². The van der Waals surface area contributed by atoms with Crippen LogP contribution in [0, 0.1) is 0 Å². The largest absolute Gasteiger partial charge is 0.437 e. The van der Waals surface area contributed by atoms with Crippen LogP contribution in [0.5, 0.6) is 11.6 Å². The first kappa shape index (κ1) is 12.7. The maximum Gasteiger partial charge on any atom is 0.225 e. The van der Waals surface area contributed by atoms with E-state index in [2.05, 4.69) is 15.0 Å². The van der Waals surface area contributed by atoms with E-state index in [1.807, 2.05) is 36.6 Å². The summed E-state index contributed by atoms with van der Waals surface area (Å²) in [5.41, 5.74) is 6.64. The second-order valence-corrected chi connectivity index (χ2v) is 4.86. The van der Waals surface area contributed by atoms with Gasteiger partial charge in [-0.05, 0) is 18.4 Å². The first-order valence-electron chi connectivity index (χ1n) is 5.96. The highest BCUT2D eigenvalue weighted by Gasteiger charge is 2.05. The molecule has 100 valence electrons. The van der Waals surface area contributed by atoms with Gasteiger partial charge in [-0.25, -0.2) is 4.98 Å². The number of aromatic nitrogens is 3. The summed E-state index contributed by atoms with van der Waals surface area (Å²) in [6.07, 6.45) is 3.55. The predicted octanol–water partition coefficient (Wildman–Crippen LogP) is 3.12. The van der Waals surface area contributed by atoms with Crippen LogP contribution in [0.2, 0.25) is 0 Å². The van der Waals surface area contributed by atoms with Gasteiger partial charge < -0.3 is 10.5 Å². The van der Waals surface area contributed by atoms with Gasteiger partial charge in [-0.3, -0.25) is 4.98 Å². The molecule has 2 N–H and O–H groups in total. The lowest BCUT2D eigenvalue weighted by Crippen LogP contribution is -1.97. The minimum atomic E-state index is 0.382. The number of para-hydroxylation sites is 1. The SMILES string of the molecule is CSc1nc(N)cc(Oc2cnc3ccccc3c2)n1. The van der Waals surface area contributed by atoms with Crippen LogP contribution in [0.1, 0.15) is 0 Å². The molecule has 0 unspecified atom stereocenters. The molecule has 2 heterocycles. The van der Waals surface area contributed by atoms with Gasteiger partial charge in [-0.1, -0.05) is 30.0 Å². The molecule has 0 saturated carbocycles. The molecular weight excluding hydrogens is 272 g/mol. The number of hydrogen-bond donors (Lipinski definition) is 1. The summed E-state index contributed by atoms with van der Waals surface area (Å²) in [7, 11) is 0. The van der Waals surface area contributed by atoms with E-state index in [0.29, 0.717) is 22.6 Å². The van der Waals surface area contributed by atoms with Gasteiger partial charge in [0, 0.05) is 11.5 Å². The van der Waals surface area contributed by atoms with Crippen molar-refractivity contribution in [3.05, 3.63) is 42.6 Å². The summed E-state index contributed by atoms with van der Waals surface area (Å²) in [5.74, 6) is 1.42. The molecule has 0 aliphatic carbocycles. The standard InChI is InChI=1S/C14H12N4OS/c1-20-14-17-12(15)7-13(18-14)19-10-6-9-4-2-3-5-11(9)16-8-10/h2-8H,1H3,(H2,15,17,18). The van der Waals surface area contributed by atoms with Crippen molar-refractivity contribution in [2.45, 2.75) is 5.16 Å². The lowest BCUT2D eigenvalue weighted by Gasteiger charge is -2.07. The topological polar surface area (TPSA) is 73.9 Å². The monoisotopic (exact) mass is 284 g/mol. The summed E-state index contributed by atoms with van der Waals surface area (Å²) in [6.45, 7) is 0. The Labute approximate surface area is 120 Å². The number of benzene rings is 1. The van der Waals surface area contributed by atoms with E-state index in [9.17, 15) is 0 Å². The Kier molecular flexibility index (Phi) is 3.39. The lowest BCUT2D eigenvalue weighted by molar-refractivity contribution is 0.455. The Morgan fingerprint density at radius 1 is 1.15 bits per heavy atom. The van der Waals surface area contributed by atoms with E-state index in [1.54, 1.807) is 12.3 Å². The molecule has 20 heavy (non-hydrogen) atoms. The van der Waals surface area contributed by atoms with E-state index in [1.165, 1.54) is 11.8 Å². The first-order chi connectivity index (χ1) is 9.74. The molecule has 0 saturated heterocycles. The highest BCUT2D eigenvalue weighted by molar-refractivity contribution is 7.98. The Balaban J connectivity index is 1.94. The number of nitrogen functional groups attached to an aromatic ring is 1. The van der Waals surface area contributed by atoms with Crippen molar-refractivity contribution in [3.8, 4) is 11.6 Å². The summed E-state index contributed by atoms with van der Waals surface area (Å²) in [5, 5.41) is 1.59. The third-order valence-corrected chi connectivity index (χ3v) is 3.22. The number of rotatable bonds is 3. The van der Waals surface area contributed by atoms with Gasteiger partial charge in [-0.2, -0.15) is 4.98 Å². The Morgan fingerprint density at radius 3 is 2.85 bits per heavy atom. The van der Waals surface area contributed by atoms with Crippen molar-refractivity contribution < 1.29 is 4.74 Å². The average Bonchev–Trinajstić information content (AvgIpc) is 2.46. The lowest BCUT2D eigenvalue weighted by atomic mass is 10.2. The Bertz CT molecular complexity index is 763. The zero-order valence-corrected chi connectivity index (χ0v) is 11.6. The highest BCUT2D eigenvalue weighted by Crippen LogP contribution is 2.25. The molecule has 6 heteroatoms. The molecule has 2 aromatic heterocycles. The predicted molar refractivity (Wildman–Crippen MR) is 80.0 cm³/mol. The van der Waals surface area contributed by atoms with Crippen LogP contribution in [0.15, 0.2) is 47.8 Å². The van der Waals surface area contributed by atoms with Crippen LogP contribution in [-0.2, 0) is 0 Å². The molecule has 0 amide bonds. The van der Waals surface area contributed by atoms with Crippen molar-refractivity contribution in [3.63, 3.8) is 0 Å². The molecule has 0 atom stereocenters. The maximum atomic E-state index is 5.72. The number of nitrogens with zero attached hydrogens (tertiary/aromatic N) is 3. The molecule has 3 rings (SSSR count). The van der Waals surface area contributed by atoms with Gasteiger partial charge in [-0.15, -0.1) is 0 Å². The minimum absolute atomic E-state index is 0.382. The number of fused-ring (bicyclic) bond motifs is 1. The molecule has 3 aromatic rings. The van der Waals surface area contributed by atoms with Crippen LogP contribution in [-0.4, -0.2) is 21.2 Å². The third-order valence-electron chi connectivity index (χ3n) is 2.67. The Hall–Kier alpha value is -2.34. The van der Waals surface area contributed by atoms with Gasteiger partial charge in [0.05, 0.1) is 11.7 Å². The quantitative estimate of drug-likeness (QED) is 0.588. The van der Waals surface area contributed by atoms with Crippen LogP contribution in [0.3, 0.4) is 0 Å². The van der Waals surface area contributed by atoms with Crippen molar-refractivity contribution >= 4 is 28.5 Å². The summed E-state index contributed by atoms with van der Waals surface area (Å²) in [6, 6.07) is 11.4. The van der Waals surface area contributed by atoms with Crippen molar-refractivity contribution in [2.24, 2.45) is 0 Å². The second-order valence-electron chi connectivity index (χ2n) is 4.08. The number of hydrogen-bond acceptors (Lipinski definition) is 6. The second kappa shape index (κ2) is 5.34. The highest BCUT2D eigenvalue weighted by atomic mass is 32.2. The van der Waals surface area contributed by atoms with E-state index < -0.39 is 0 Å². The fourth-order valence-corrected chi connectivity index (χ4v) is 2.17. The number of nitrogens with two attached hydrogens (primary N) is 1. The molecule has 0 radical (unpaired) electrons. The third kappa shape index (κ3) is 2.65. The van der Waals surface area contributed by atoms with Crippen molar-refractivity contribution in [1.29, 1.82) is 0 Å². The van der Waals surface area contributed by atoms with Crippen molar-refractivity contribution in [2.75, 3.05) is 12.0 Å². The van der Waals surface area contributed by atoms with Crippen molar-refractivity contribution in [1.82, 2.24) is 15.0 Å². The maximum absolute atomic E-state index is 5.72. The molecule has 1 aromatic carbocycles. The zero-order valence-electron chi connectivity index (χ0n) is 10.8. The summed E-state index contributed by atoms with van der Waals surface area (Å²) < 4.78 is 5.70. The average molecular weight is 284 g/mol. The van der Waals surface area contributed by atoms with E-state index >= 15 is 0 Å². The molecule has 0 bridgehead atoms. The Morgan fingerprint density at radius 2 is 2.00 bits per heavy atom. The minimum Gasteiger partial charge on any atom is -0.437 e. The fourth-order valence-electron chi connectivity index (χ4n) is 1.79. The summed E-state index contributed by atoms with van der Waals surface area (Å²) in [4.78, 5) is 12.7. The van der Waals surface area contributed by atoms with Crippen LogP contribution in [0.25, 0.3) is 10.9 Å². The molecule has 0 fully saturated rings. The van der Waals surface area contributed by atoms with Gasteiger partial charge in [0.15, 0.2) is 5.16 Å². The molecule has 0 aliphatic rings. The summed E-state index contributed by atoms with van der Waals surface area (Å²) >= 11 is 1.41. The fraction of sp³-hybridized carbons (Fsp3) is 0.0714.